The summed E-state index contributed by atoms with van der Waals surface area (Å²) >= 11 is 3.52. The van der Waals surface area contributed by atoms with E-state index in [4.69, 9.17) is 0 Å². The van der Waals surface area contributed by atoms with Crippen LogP contribution in [0.2, 0.25) is 0 Å². The van der Waals surface area contributed by atoms with Gasteiger partial charge in [0.15, 0.2) is 0 Å². The number of hydrogen-bond donors (Lipinski definition) is 1. The van der Waals surface area contributed by atoms with Gasteiger partial charge in [-0.1, -0.05) is 41.9 Å². The van der Waals surface area contributed by atoms with Gasteiger partial charge in [0.25, 0.3) is 0 Å². The Balaban J connectivity index is 2.37. The first-order chi connectivity index (χ1) is 8.49. The number of hydrogen-bond acceptors (Lipinski definition) is 2. The number of benzene rings is 1. The van der Waals surface area contributed by atoms with Crippen LogP contribution in [0.25, 0.3) is 0 Å². The molecule has 0 saturated heterocycles. The Morgan fingerprint density at radius 2 is 2.00 bits per heavy atom. The van der Waals surface area contributed by atoms with E-state index in [1.807, 2.05) is 0 Å². The van der Waals surface area contributed by atoms with Crippen LogP contribution in [0, 0.1) is 0 Å². The zero-order chi connectivity index (χ0) is 13.5. The monoisotopic (exact) mass is 312 g/mol. The van der Waals surface area contributed by atoms with Crippen LogP contribution in [-0.4, -0.2) is 30.6 Å². The molecule has 18 heavy (non-hydrogen) atoms. The van der Waals surface area contributed by atoms with E-state index in [-0.39, 0.29) is 0 Å². The third-order valence-electron chi connectivity index (χ3n) is 3.19. The highest BCUT2D eigenvalue weighted by molar-refractivity contribution is 9.10. The fourth-order valence-electron chi connectivity index (χ4n) is 1.88. The van der Waals surface area contributed by atoms with Gasteiger partial charge in [-0.3, -0.25) is 4.90 Å². The molecule has 1 aromatic rings. The van der Waals surface area contributed by atoms with Crippen molar-refractivity contribution in [1.82, 2.24) is 10.2 Å². The van der Waals surface area contributed by atoms with Gasteiger partial charge in [0.2, 0.25) is 0 Å². The second-order valence-electron chi connectivity index (χ2n) is 5.29. The molecule has 1 atom stereocenters. The lowest BCUT2D eigenvalue weighted by atomic mass is 10.1. The lowest BCUT2D eigenvalue weighted by Crippen LogP contribution is -2.33. The molecule has 102 valence electrons. The minimum Gasteiger partial charge on any atom is -0.314 e. The minimum atomic E-state index is 0.576. The quantitative estimate of drug-likeness (QED) is 0.826. The van der Waals surface area contributed by atoms with Crippen LogP contribution in [0.5, 0.6) is 0 Å². The van der Waals surface area contributed by atoms with Crippen molar-refractivity contribution < 1.29 is 0 Å². The maximum atomic E-state index is 3.52. The zero-order valence-electron chi connectivity index (χ0n) is 11.9. The van der Waals surface area contributed by atoms with Crippen molar-refractivity contribution in [3.8, 4) is 0 Å². The number of rotatable bonds is 7. The average Bonchev–Trinajstić information content (AvgIpc) is 2.28. The van der Waals surface area contributed by atoms with E-state index in [0.29, 0.717) is 12.1 Å². The Morgan fingerprint density at radius 1 is 1.28 bits per heavy atom. The van der Waals surface area contributed by atoms with Gasteiger partial charge in [-0.15, -0.1) is 0 Å². The Morgan fingerprint density at radius 3 is 2.61 bits per heavy atom. The Labute approximate surface area is 120 Å². The molecule has 0 heterocycles. The van der Waals surface area contributed by atoms with Crippen LogP contribution in [-0.2, 0) is 6.54 Å². The zero-order valence-corrected chi connectivity index (χ0v) is 13.5. The molecule has 0 saturated carbocycles. The molecular formula is C15H25BrN2. The summed E-state index contributed by atoms with van der Waals surface area (Å²) in [6.07, 6.45) is 1.18. The molecule has 0 aliphatic heterocycles. The van der Waals surface area contributed by atoms with Gasteiger partial charge < -0.3 is 5.32 Å². The molecule has 1 aromatic carbocycles. The highest BCUT2D eigenvalue weighted by Gasteiger charge is 2.09. The molecule has 0 amide bonds. The summed E-state index contributed by atoms with van der Waals surface area (Å²) in [5.41, 5.74) is 1.36. The first kappa shape index (κ1) is 15.7. The molecule has 1 rings (SSSR count). The topological polar surface area (TPSA) is 15.3 Å². The number of halogens is 1. The third kappa shape index (κ3) is 5.98. The Hall–Kier alpha value is -0.380. The van der Waals surface area contributed by atoms with Crippen molar-refractivity contribution in [1.29, 1.82) is 0 Å². The van der Waals surface area contributed by atoms with Gasteiger partial charge in [0.05, 0.1) is 0 Å². The Bertz CT molecular complexity index is 352. The summed E-state index contributed by atoms with van der Waals surface area (Å²) in [5.74, 6) is 0. The highest BCUT2D eigenvalue weighted by Crippen LogP contribution is 2.14. The SMILES string of the molecule is CC(C)NCCC(C)N(C)Cc1cccc(Br)c1. The molecule has 0 bridgehead atoms. The summed E-state index contributed by atoms with van der Waals surface area (Å²) < 4.78 is 1.16. The fraction of sp³-hybridized carbons (Fsp3) is 0.600. The van der Waals surface area contributed by atoms with Crippen molar-refractivity contribution in [2.75, 3.05) is 13.6 Å². The van der Waals surface area contributed by atoms with Gasteiger partial charge in [0.1, 0.15) is 0 Å². The van der Waals surface area contributed by atoms with E-state index in [0.717, 1.165) is 17.6 Å². The lowest BCUT2D eigenvalue weighted by molar-refractivity contribution is 0.235. The van der Waals surface area contributed by atoms with E-state index < -0.39 is 0 Å². The molecular weight excluding hydrogens is 288 g/mol. The van der Waals surface area contributed by atoms with Crippen molar-refractivity contribution >= 4 is 15.9 Å². The van der Waals surface area contributed by atoms with Gasteiger partial charge in [-0.2, -0.15) is 0 Å². The first-order valence-corrected chi connectivity index (χ1v) is 7.46. The summed E-state index contributed by atoms with van der Waals surface area (Å²) in [7, 11) is 2.20. The predicted octanol–water partition coefficient (Wildman–Crippen LogP) is 3.66. The first-order valence-electron chi connectivity index (χ1n) is 6.67. The van der Waals surface area contributed by atoms with Gasteiger partial charge in [-0.25, -0.2) is 0 Å². The van der Waals surface area contributed by atoms with Gasteiger partial charge >= 0.3 is 0 Å². The molecule has 0 aromatic heterocycles. The second kappa shape index (κ2) is 7.93. The molecule has 0 radical (unpaired) electrons. The van der Waals surface area contributed by atoms with Crippen molar-refractivity contribution in [3.63, 3.8) is 0 Å². The molecule has 0 fully saturated rings. The molecule has 2 nitrogen and oxygen atoms in total. The van der Waals surface area contributed by atoms with Crippen LogP contribution in [0.1, 0.15) is 32.8 Å². The lowest BCUT2D eigenvalue weighted by Gasteiger charge is -2.25. The smallest absolute Gasteiger partial charge is 0.0233 e. The molecule has 0 spiro atoms. The molecule has 1 N–H and O–H groups in total. The van der Waals surface area contributed by atoms with Crippen LogP contribution in [0.15, 0.2) is 28.7 Å². The van der Waals surface area contributed by atoms with E-state index in [1.165, 1.54) is 12.0 Å². The average molecular weight is 313 g/mol. The van der Waals surface area contributed by atoms with Crippen LogP contribution < -0.4 is 5.32 Å². The number of nitrogens with one attached hydrogen (secondary N) is 1. The molecule has 3 heteroatoms. The van der Waals surface area contributed by atoms with E-state index >= 15 is 0 Å². The summed E-state index contributed by atoms with van der Waals surface area (Å²) in [6.45, 7) is 8.76. The summed E-state index contributed by atoms with van der Waals surface area (Å²) in [4.78, 5) is 2.41. The third-order valence-corrected chi connectivity index (χ3v) is 3.68. The summed E-state index contributed by atoms with van der Waals surface area (Å²) in [5, 5.41) is 3.47. The molecule has 1 unspecified atom stereocenters. The van der Waals surface area contributed by atoms with Crippen LogP contribution >= 0.6 is 15.9 Å². The molecule has 0 aliphatic rings. The second-order valence-corrected chi connectivity index (χ2v) is 6.21. The van der Waals surface area contributed by atoms with Crippen molar-refractivity contribution in [2.45, 2.75) is 45.8 Å². The standard InChI is InChI=1S/C15H25BrN2/c1-12(2)17-9-8-13(3)18(4)11-14-6-5-7-15(16)10-14/h5-7,10,12-13,17H,8-9,11H2,1-4H3. The predicted molar refractivity (Wildman–Crippen MR) is 82.8 cm³/mol. The van der Waals surface area contributed by atoms with E-state index in [9.17, 15) is 0 Å². The minimum absolute atomic E-state index is 0.576. The van der Waals surface area contributed by atoms with Crippen molar-refractivity contribution in [3.05, 3.63) is 34.3 Å². The van der Waals surface area contributed by atoms with E-state index in [1.54, 1.807) is 0 Å². The van der Waals surface area contributed by atoms with Crippen LogP contribution in [0.3, 0.4) is 0 Å². The highest BCUT2D eigenvalue weighted by atomic mass is 79.9. The van der Waals surface area contributed by atoms with Crippen LogP contribution in [0.4, 0.5) is 0 Å². The number of nitrogens with zero attached hydrogens (tertiary/aromatic N) is 1. The molecule has 0 aliphatic carbocycles. The Kier molecular flexibility index (Phi) is 6.90. The van der Waals surface area contributed by atoms with Crippen molar-refractivity contribution in [2.24, 2.45) is 0 Å². The van der Waals surface area contributed by atoms with Gasteiger partial charge in [-0.05, 0) is 44.6 Å². The van der Waals surface area contributed by atoms with E-state index in [2.05, 4.69) is 78.2 Å². The fourth-order valence-corrected chi connectivity index (χ4v) is 2.33. The summed E-state index contributed by atoms with van der Waals surface area (Å²) in [6, 6.07) is 9.70. The van der Waals surface area contributed by atoms with Gasteiger partial charge in [0, 0.05) is 23.1 Å². The maximum Gasteiger partial charge on any atom is 0.0233 e. The largest absolute Gasteiger partial charge is 0.314 e. The normalized spacial score (nSPS) is 13.3. The maximum absolute atomic E-state index is 3.52.